The summed E-state index contributed by atoms with van der Waals surface area (Å²) in [4.78, 5) is 11.7. The highest BCUT2D eigenvalue weighted by atomic mass is 35.5. The van der Waals surface area contributed by atoms with Crippen molar-refractivity contribution in [2.45, 2.75) is 44.6 Å². The Kier molecular flexibility index (Phi) is 3.77. The Balaban J connectivity index is 1.92. The van der Waals surface area contributed by atoms with Crippen LogP contribution in [0.25, 0.3) is 0 Å². The van der Waals surface area contributed by atoms with Gasteiger partial charge in [0, 0.05) is 17.0 Å². The van der Waals surface area contributed by atoms with Crippen molar-refractivity contribution in [1.82, 2.24) is 5.32 Å². The lowest BCUT2D eigenvalue weighted by molar-refractivity contribution is 0.0522. The van der Waals surface area contributed by atoms with Crippen LogP contribution < -0.4 is 5.32 Å². The molecule has 1 amide bonds. The second kappa shape index (κ2) is 5.04. The largest absolute Gasteiger partial charge is 0.444 e. The second-order valence-electron chi connectivity index (χ2n) is 6.14. The highest BCUT2D eigenvalue weighted by Gasteiger charge is 2.44. The summed E-state index contributed by atoms with van der Waals surface area (Å²) in [6.07, 6.45) is 1.82. The van der Waals surface area contributed by atoms with Crippen molar-refractivity contribution < 1.29 is 9.53 Å². The van der Waals surface area contributed by atoms with E-state index in [0.29, 0.717) is 6.54 Å². The minimum absolute atomic E-state index is 0.0709. The number of nitrogens with one attached hydrogen (secondary N) is 1. The highest BCUT2D eigenvalue weighted by Crippen LogP contribution is 2.47. The molecule has 3 nitrogen and oxygen atoms in total. The van der Waals surface area contributed by atoms with E-state index in [0.717, 1.165) is 17.9 Å². The van der Waals surface area contributed by atoms with Crippen LogP contribution in [0.5, 0.6) is 0 Å². The van der Waals surface area contributed by atoms with E-state index in [1.165, 1.54) is 5.56 Å². The molecule has 0 atom stereocenters. The first kappa shape index (κ1) is 14.2. The van der Waals surface area contributed by atoms with Gasteiger partial charge in [-0.05, 0) is 51.3 Å². The van der Waals surface area contributed by atoms with Gasteiger partial charge >= 0.3 is 6.09 Å². The molecule has 0 bridgehead atoms. The van der Waals surface area contributed by atoms with Crippen molar-refractivity contribution in [3.63, 3.8) is 0 Å². The summed E-state index contributed by atoms with van der Waals surface area (Å²) in [5.41, 5.74) is 0.843. The third kappa shape index (κ3) is 3.87. The van der Waals surface area contributed by atoms with Crippen LogP contribution >= 0.6 is 11.6 Å². The number of carbonyl (C=O) groups excluding carboxylic acids is 1. The first-order chi connectivity index (χ1) is 8.81. The molecule has 0 spiro atoms. The van der Waals surface area contributed by atoms with Crippen LogP contribution in [-0.2, 0) is 10.2 Å². The lowest BCUT2D eigenvalue weighted by atomic mass is 9.96. The Labute approximate surface area is 119 Å². The number of rotatable bonds is 3. The van der Waals surface area contributed by atoms with Crippen LogP contribution in [-0.4, -0.2) is 18.2 Å². The SMILES string of the molecule is CC(C)(C)OC(=O)NCC1(c2ccc(Cl)cc2)CC1. The molecule has 0 saturated heterocycles. The molecule has 2 rings (SSSR count). The minimum atomic E-state index is -0.457. The molecule has 1 saturated carbocycles. The summed E-state index contributed by atoms with van der Waals surface area (Å²) in [5.74, 6) is 0. The summed E-state index contributed by atoms with van der Waals surface area (Å²) < 4.78 is 5.24. The first-order valence-corrected chi connectivity index (χ1v) is 6.91. The molecule has 0 radical (unpaired) electrons. The number of alkyl carbamates (subject to hydrolysis) is 1. The number of ether oxygens (including phenoxy) is 1. The van der Waals surface area contributed by atoms with Crippen LogP contribution in [0.4, 0.5) is 4.79 Å². The monoisotopic (exact) mass is 281 g/mol. The van der Waals surface area contributed by atoms with Gasteiger partial charge in [0.1, 0.15) is 5.60 Å². The zero-order valence-electron chi connectivity index (χ0n) is 11.6. The molecule has 0 aliphatic heterocycles. The normalized spacial score (nSPS) is 16.8. The first-order valence-electron chi connectivity index (χ1n) is 6.54. The number of hydrogen-bond acceptors (Lipinski definition) is 2. The number of hydrogen-bond donors (Lipinski definition) is 1. The van der Waals surface area contributed by atoms with Crippen LogP contribution in [0.3, 0.4) is 0 Å². The van der Waals surface area contributed by atoms with Crippen molar-refractivity contribution in [3.05, 3.63) is 34.9 Å². The molecular formula is C15H20ClNO2. The van der Waals surface area contributed by atoms with E-state index in [9.17, 15) is 4.79 Å². The van der Waals surface area contributed by atoms with E-state index in [4.69, 9.17) is 16.3 Å². The van der Waals surface area contributed by atoms with Gasteiger partial charge in [-0.3, -0.25) is 0 Å². The smallest absolute Gasteiger partial charge is 0.407 e. The van der Waals surface area contributed by atoms with Crippen molar-refractivity contribution in [2.75, 3.05) is 6.54 Å². The van der Waals surface area contributed by atoms with Crippen LogP contribution in [0.2, 0.25) is 5.02 Å². The van der Waals surface area contributed by atoms with E-state index in [2.05, 4.69) is 5.32 Å². The number of amides is 1. The summed E-state index contributed by atoms with van der Waals surface area (Å²) in [6, 6.07) is 7.85. The fourth-order valence-corrected chi connectivity index (χ4v) is 2.20. The summed E-state index contributed by atoms with van der Waals surface area (Å²) in [6.45, 7) is 6.19. The average Bonchev–Trinajstić information content (AvgIpc) is 3.06. The highest BCUT2D eigenvalue weighted by molar-refractivity contribution is 6.30. The molecule has 1 aliphatic carbocycles. The average molecular weight is 282 g/mol. The maximum atomic E-state index is 11.7. The third-order valence-corrected chi connectivity index (χ3v) is 3.53. The lowest BCUT2D eigenvalue weighted by Crippen LogP contribution is -2.37. The standard InChI is InChI=1S/C15H20ClNO2/c1-14(2,3)19-13(18)17-10-15(8-9-15)11-4-6-12(16)7-5-11/h4-7H,8-10H2,1-3H3,(H,17,18). The van der Waals surface area contributed by atoms with E-state index < -0.39 is 5.60 Å². The molecule has 1 aromatic carbocycles. The predicted molar refractivity (Wildman–Crippen MR) is 76.6 cm³/mol. The van der Waals surface area contributed by atoms with Gasteiger partial charge in [-0.2, -0.15) is 0 Å². The number of halogens is 1. The third-order valence-electron chi connectivity index (χ3n) is 3.28. The Bertz CT molecular complexity index is 458. The van der Waals surface area contributed by atoms with Crippen LogP contribution in [0.15, 0.2) is 24.3 Å². The van der Waals surface area contributed by atoms with E-state index in [-0.39, 0.29) is 11.5 Å². The molecule has 19 heavy (non-hydrogen) atoms. The molecule has 1 N–H and O–H groups in total. The Hall–Kier alpha value is -1.22. The molecule has 104 valence electrons. The molecular weight excluding hydrogens is 262 g/mol. The summed E-state index contributed by atoms with van der Waals surface area (Å²) in [7, 11) is 0. The molecule has 1 aliphatic rings. The molecule has 0 unspecified atom stereocenters. The van der Waals surface area contributed by atoms with Crippen molar-refractivity contribution in [3.8, 4) is 0 Å². The molecule has 0 heterocycles. The topological polar surface area (TPSA) is 38.3 Å². The van der Waals surface area contributed by atoms with Gasteiger partial charge in [-0.25, -0.2) is 4.79 Å². The van der Waals surface area contributed by atoms with Crippen molar-refractivity contribution in [2.24, 2.45) is 0 Å². The van der Waals surface area contributed by atoms with Gasteiger partial charge in [0.05, 0.1) is 0 Å². The van der Waals surface area contributed by atoms with Gasteiger partial charge in [0.25, 0.3) is 0 Å². The van der Waals surface area contributed by atoms with Crippen molar-refractivity contribution >= 4 is 17.7 Å². The fraction of sp³-hybridized carbons (Fsp3) is 0.533. The Morgan fingerprint density at radius 3 is 2.37 bits per heavy atom. The summed E-state index contributed by atoms with van der Waals surface area (Å²) >= 11 is 5.89. The van der Waals surface area contributed by atoms with E-state index >= 15 is 0 Å². The van der Waals surface area contributed by atoms with Gasteiger partial charge in [0.15, 0.2) is 0 Å². The zero-order chi connectivity index (χ0) is 14.1. The lowest BCUT2D eigenvalue weighted by Gasteiger charge is -2.22. The van der Waals surface area contributed by atoms with Gasteiger partial charge in [-0.15, -0.1) is 0 Å². The maximum Gasteiger partial charge on any atom is 0.407 e. The Morgan fingerprint density at radius 1 is 1.32 bits per heavy atom. The molecule has 4 heteroatoms. The maximum absolute atomic E-state index is 11.7. The zero-order valence-corrected chi connectivity index (χ0v) is 12.4. The minimum Gasteiger partial charge on any atom is -0.444 e. The van der Waals surface area contributed by atoms with Gasteiger partial charge in [0.2, 0.25) is 0 Å². The second-order valence-corrected chi connectivity index (χ2v) is 6.58. The molecule has 0 aromatic heterocycles. The Morgan fingerprint density at radius 2 is 1.89 bits per heavy atom. The van der Waals surface area contributed by atoms with Gasteiger partial charge < -0.3 is 10.1 Å². The predicted octanol–water partition coefficient (Wildman–Crippen LogP) is 3.90. The van der Waals surface area contributed by atoms with Gasteiger partial charge in [-0.1, -0.05) is 23.7 Å². The van der Waals surface area contributed by atoms with Crippen LogP contribution in [0.1, 0.15) is 39.2 Å². The quantitative estimate of drug-likeness (QED) is 0.913. The number of carbonyl (C=O) groups is 1. The summed E-state index contributed by atoms with van der Waals surface area (Å²) in [5, 5.41) is 3.60. The number of benzene rings is 1. The van der Waals surface area contributed by atoms with Crippen molar-refractivity contribution in [1.29, 1.82) is 0 Å². The molecule has 1 fully saturated rings. The van der Waals surface area contributed by atoms with E-state index in [1.807, 2.05) is 45.0 Å². The fourth-order valence-electron chi connectivity index (χ4n) is 2.08. The molecule has 1 aromatic rings. The van der Waals surface area contributed by atoms with E-state index in [1.54, 1.807) is 0 Å². The van der Waals surface area contributed by atoms with Crippen LogP contribution in [0, 0.1) is 0 Å².